The highest BCUT2D eigenvalue weighted by atomic mass is 16.1. The van der Waals surface area contributed by atoms with Crippen LogP contribution in [-0.4, -0.2) is 19.4 Å². The maximum atomic E-state index is 11.0. The number of nitrogens with zero attached hydrogens (tertiary/aromatic N) is 1. The molecule has 84 valence electrons. The van der Waals surface area contributed by atoms with Gasteiger partial charge in [0.15, 0.2) is 0 Å². The Morgan fingerprint density at radius 2 is 2.06 bits per heavy atom. The fraction of sp³-hybridized carbons (Fsp3) is 0.500. The van der Waals surface area contributed by atoms with Crippen molar-refractivity contribution < 1.29 is 4.79 Å². The Kier molecular flexibility index (Phi) is 2.43. The van der Waals surface area contributed by atoms with E-state index in [1.807, 2.05) is 6.07 Å². The lowest BCUT2D eigenvalue weighted by atomic mass is 9.91. The van der Waals surface area contributed by atoms with E-state index >= 15 is 0 Å². The van der Waals surface area contributed by atoms with E-state index in [1.165, 1.54) is 30.6 Å². The number of benzene rings is 1. The summed E-state index contributed by atoms with van der Waals surface area (Å²) < 4.78 is 0. The molecule has 1 fully saturated rings. The summed E-state index contributed by atoms with van der Waals surface area (Å²) in [5, 5.41) is 0. The number of aldehydes is 1. The van der Waals surface area contributed by atoms with E-state index in [0.29, 0.717) is 0 Å². The molecule has 1 heterocycles. The Hall–Kier alpha value is -1.31. The van der Waals surface area contributed by atoms with E-state index in [4.69, 9.17) is 0 Å². The van der Waals surface area contributed by atoms with Crippen molar-refractivity contribution in [1.82, 2.24) is 0 Å². The highest BCUT2D eigenvalue weighted by Gasteiger charge is 2.29. The van der Waals surface area contributed by atoms with E-state index in [1.54, 1.807) is 0 Å². The van der Waals surface area contributed by atoms with Crippen LogP contribution in [0.1, 0.15) is 30.7 Å². The SMILES string of the molecule is O=CC1CCN(CC2CC2)c2ccccc21. The third kappa shape index (κ3) is 1.73. The highest BCUT2D eigenvalue weighted by Crippen LogP contribution is 2.37. The van der Waals surface area contributed by atoms with Crippen LogP contribution in [0.5, 0.6) is 0 Å². The van der Waals surface area contributed by atoms with Crippen molar-refractivity contribution in [3.8, 4) is 0 Å². The minimum Gasteiger partial charge on any atom is -0.371 e. The van der Waals surface area contributed by atoms with E-state index in [-0.39, 0.29) is 5.92 Å². The zero-order chi connectivity index (χ0) is 11.0. The Balaban J connectivity index is 1.90. The molecule has 1 atom stereocenters. The minimum atomic E-state index is 0.117. The van der Waals surface area contributed by atoms with Crippen LogP contribution in [0.15, 0.2) is 24.3 Å². The van der Waals surface area contributed by atoms with Gasteiger partial charge in [0.05, 0.1) is 0 Å². The second kappa shape index (κ2) is 3.93. The molecule has 2 heteroatoms. The number of hydrogen-bond donors (Lipinski definition) is 0. The molecule has 0 amide bonds. The quantitative estimate of drug-likeness (QED) is 0.722. The Morgan fingerprint density at radius 3 is 2.81 bits per heavy atom. The monoisotopic (exact) mass is 215 g/mol. The third-order valence-corrected chi connectivity index (χ3v) is 3.73. The summed E-state index contributed by atoms with van der Waals surface area (Å²) in [5.41, 5.74) is 2.52. The van der Waals surface area contributed by atoms with Gasteiger partial charge in [-0.1, -0.05) is 18.2 Å². The third-order valence-electron chi connectivity index (χ3n) is 3.73. The van der Waals surface area contributed by atoms with Crippen LogP contribution in [0.25, 0.3) is 0 Å². The predicted molar refractivity (Wildman–Crippen MR) is 64.8 cm³/mol. The van der Waals surface area contributed by atoms with Crippen LogP contribution in [0.3, 0.4) is 0 Å². The van der Waals surface area contributed by atoms with Gasteiger partial charge < -0.3 is 9.69 Å². The van der Waals surface area contributed by atoms with Gasteiger partial charge in [-0.25, -0.2) is 0 Å². The molecule has 0 saturated heterocycles. The average molecular weight is 215 g/mol. The smallest absolute Gasteiger partial charge is 0.127 e. The molecule has 1 aliphatic heterocycles. The van der Waals surface area contributed by atoms with Gasteiger partial charge in [0.1, 0.15) is 6.29 Å². The molecule has 1 aromatic rings. The van der Waals surface area contributed by atoms with Gasteiger partial charge in [-0.05, 0) is 36.8 Å². The summed E-state index contributed by atoms with van der Waals surface area (Å²) in [5.74, 6) is 1.02. The van der Waals surface area contributed by atoms with E-state index in [2.05, 4.69) is 23.1 Å². The molecule has 0 bridgehead atoms. The second-order valence-electron chi connectivity index (χ2n) is 4.98. The molecule has 16 heavy (non-hydrogen) atoms. The lowest BCUT2D eigenvalue weighted by molar-refractivity contribution is -0.109. The van der Waals surface area contributed by atoms with E-state index in [0.717, 1.165) is 25.2 Å². The van der Waals surface area contributed by atoms with Gasteiger partial charge >= 0.3 is 0 Å². The Bertz CT molecular complexity index is 397. The second-order valence-corrected chi connectivity index (χ2v) is 4.98. The molecular formula is C14H17NO. The van der Waals surface area contributed by atoms with Crippen LogP contribution in [0.2, 0.25) is 0 Å². The number of carbonyl (C=O) groups excluding carboxylic acids is 1. The highest BCUT2D eigenvalue weighted by molar-refractivity contribution is 5.70. The molecule has 1 aromatic carbocycles. The molecule has 0 spiro atoms. The number of para-hydroxylation sites is 1. The van der Waals surface area contributed by atoms with Crippen molar-refractivity contribution in [1.29, 1.82) is 0 Å². The van der Waals surface area contributed by atoms with Crippen LogP contribution in [0, 0.1) is 5.92 Å². The summed E-state index contributed by atoms with van der Waals surface area (Å²) in [6, 6.07) is 8.38. The van der Waals surface area contributed by atoms with Crippen molar-refractivity contribution >= 4 is 12.0 Å². The maximum absolute atomic E-state index is 11.0. The summed E-state index contributed by atoms with van der Waals surface area (Å²) >= 11 is 0. The number of fused-ring (bicyclic) bond motifs is 1. The molecule has 1 saturated carbocycles. The van der Waals surface area contributed by atoms with E-state index < -0.39 is 0 Å². The molecule has 2 nitrogen and oxygen atoms in total. The molecule has 0 aromatic heterocycles. The first-order valence-electron chi connectivity index (χ1n) is 6.17. The Morgan fingerprint density at radius 1 is 1.25 bits per heavy atom. The largest absolute Gasteiger partial charge is 0.371 e. The van der Waals surface area contributed by atoms with Crippen molar-refractivity contribution in [3.05, 3.63) is 29.8 Å². The van der Waals surface area contributed by atoms with E-state index in [9.17, 15) is 4.79 Å². The summed E-state index contributed by atoms with van der Waals surface area (Å²) in [6.07, 6.45) is 4.85. The fourth-order valence-corrected chi connectivity index (χ4v) is 2.60. The van der Waals surface area contributed by atoms with Gasteiger partial charge in [-0.15, -0.1) is 0 Å². The fourth-order valence-electron chi connectivity index (χ4n) is 2.60. The first-order valence-corrected chi connectivity index (χ1v) is 6.17. The van der Waals surface area contributed by atoms with Crippen LogP contribution in [0.4, 0.5) is 5.69 Å². The van der Waals surface area contributed by atoms with Crippen LogP contribution >= 0.6 is 0 Å². The summed E-state index contributed by atoms with van der Waals surface area (Å²) in [6.45, 7) is 2.22. The first kappa shape index (κ1) is 9.88. The van der Waals surface area contributed by atoms with Gasteiger partial charge in [-0.3, -0.25) is 0 Å². The lowest BCUT2D eigenvalue weighted by Crippen LogP contribution is -2.33. The first-order chi connectivity index (χ1) is 7.88. The maximum Gasteiger partial charge on any atom is 0.127 e. The zero-order valence-corrected chi connectivity index (χ0v) is 9.43. The van der Waals surface area contributed by atoms with Crippen molar-refractivity contribution in [3.63, 3.8) is 0 Å². The summed E-state index contributed by atoms with van der Waals surface area (Å²) in [4.78, 5) is 13.5. The predicted octanol–water partition coefficient (Wildman–Crippen LogP) is 2.59. The average Bonchev–Trinajstić information content (AvgIpc) is 3.14. The standard InChI is InChI=1S/C14H17NO/c16-10-12-7-8-15(9-11-5-6-11)14-4-2-1-3-13(12)14/h1-4,10-12H,5-9H2. The number of hydrogen-bond acceptors (Lipinski definition) is 2. The van der Waals surface area contributed by atoms with Gasteiger partial charge in [0.25, 0.3) is 0 Å². The van der Waals surface area contributed by atoms with Crippen molar-refractivity contribution in [2.75, 3.05) is 18.0 Å². The van der Waals surface area contributed by atoms with Crippen LogP contribution in [-0.2, 0) is 4.79 Å². The lowest BCUT2D eigenvalue weighted by Gasteiger charge is -2.34. The molecular weight excluding hydrogens is 198 g/mol. The molecule has 2 aliphatic rings. The Labute approximate surface area is 96.3 Å². The van der Waals surface area contributed by atoms with Gasteiger partial charge in [0, 0.05) is 24.7 Å². The summed E-state index contributed by atoms with van der Waals surface area (Å²) in [7, 11) is 0. The minimum absolute atomic E-state index is 0.117. The molecule has 0 N–H and O–H groups in total. The van der Waals surface area contributed by atoms with Crippen molar-refractivity contribution in [2.24, 2.45) is 5.92 Å². The molecule has 1 aliphatic carbocycles. The normalized spacial score (nSPS) is 24.0. The molecule has 1 unspecified atom stereocenters. The number of rotatable bonds is 3. The van der Waals surface area contributed by atoms with Crippen LogP contribution < -0.4 is 4.90 Å². The number of anilines is 1. The topological polar surface area (TPSA) is 20.3 Å². The van der Waals surface area contributed by atoms with Crippen molar-refractivity contribution in [2.45, 2.75) is 25.2 Å². The van der Waals surface area contributed by atoms with Gasteiger partial charge in [-0.2, -0.15) is 0 Å². The zero-order valence-electron chi connectivity index (χ0n) is 9.43. The van der Waals surface area contributed by atoms with Gasteiger partial charge in [0.2, 0.25) is 0 Å². The number of carbonyl (C=O) groups is 1. The molecule has 0 radical (unpaired) electrons. The molecule has 3 rings (SSSR count).